The van der Waals surface area contributed by atoms with Gasteiger partial charge >= 0.3 is 0 Å². The van der Waals surface area contributed by atoms with E-state index in [0.717, 1.165) is 22.5 Å². The van der Waals surface area contributed by atoms with Crippen molar-refractivity contribution in [3.8, 4) is 0 Å². The van der Waals surface area contributed by atoms with E-state index in [1.165, 1.54) is 0 Å². The number of hydrogen-bond donors (Lipinski definition) is 2. The van der Waals surface area contributed by atoms with Gasteiger partial charge in [0.1, 0.15) is 0 Å². The molecule has 3 heteroatoms. The third-order valence-electron chi connectivity index (χ3n) is 2.64. The molecule has 2 aromatic rings. The van der Waals surface area contributed by atoms with Crippen LogP contribution in [0.3, 0.4) is 0 Å². The van der Waals surface area contributed by atoms with Crippen LogP contribution in [0.1, 0.15) is 18.1 Å². The molecule has 0 radical (unpaired) electrons. The molecule has 3 nitrogen and oxygen atoms in total. The lowest BCUT2D eigenvalue weighted by atomic mass is 10.1. The molecule has 2 N–H and O–H groups in total. The predicted octanol–water partition coefficient (Wildman–Crippen LogP) is 3.52. The summed E-state index contributed by atoms with van der Waals surface area (Å²) >= 11 is 0. The highest BCUT2D eigenvalue weighted by atomic mass is 14.9. The topological polar surface area (TPSA) is 48.8 Å². The molecule has 0 saturated carbocycles. The molecule has 0 aliphatic carbocycles. The second kappa shape index (κ2) is 4.78. The highest BCUT2D eigenvalue weighted by Crippen LogP contribution is 2.22. The summed E-state index contributed by atoms with van der Waals surface area (Å²) in [6.07, 6.45) is 3.57. The quantitative estimate of drug-likeness (QED) is 0.785. The Kier molecular flexibility index (Phi) is 3.19. The largest absolute Gasteiger partial charge is 0.354 e. The Labute approximate surface area is 101 Å². The van der Waals surface area contributed by atoms with Crippen LogP contribution in [0.4, 0.5) is 11.4 Å². The van der Waals surface area contributed by atoms with Crippen LogP contribution in [0, 0.1) is 12.3 Å². The van der Waals surface area contributed by atoms with Crippen molar-refractivity contribution in [1.82, 2.24) is 4.98 Å². The molecular weight excluding hydrogens is 210 g/mol. The fourth-order valence-corrected chi connectivity index (χ4v) is 1.66. The molecule has 0 atom stereocenters. The minimum Gasteiger partial charge on any atom is -0.354 e. The second-order valence-electron chi connectivity index (χ2n) is 3.99. The molecule has 2 rings (SSSR count). The summed E-state index contributed by atoms with van der Waals surface area (Å²) in [5.41, 5.74) is 4.51. The van der Waals surface area contributed by atoms with E-state index in [4.69, 9.17) is 5.41 Å². The lowest BCUT2D eigenvalue weighted by Crippen LogP contribution is -2.01. The van der Waals surface area contributed by atoms with Gasteiger partial charge in [0.05, 0.1) is 11.9 Å². The van der Waals surface area contributed by atoms with Crippen LogP contribution in [-0.4, -0.2) is 10.7 Å². The van der Waals surface area contributed by atoms with Crippen LogP contribution >= 0.6 is 0 Å². The average molecular weight is 225 g/mol. The van der Waals surface area contributed by atoms with Gasteiger partial charge in [-0.3, -0.25) is 4.98 Å². The highest BCUT2D eigenvalue weighted by molar-refractivity contribution is 6.02. The van der Waals surface area contributed by atoms with E-state index in [1.807, 2.05) is 37.3 Å². The van der Waals surface area contributed by atoms with Crippen molar-refractivity contribution in [2.24, 2.45) is 0 Å². The Morgan fingerprint density at radius 2 is 1.94 bits per heavy atom. The van der Waals surface area contributed by atoms with E-state index in [1.54, 1.807) is 19.3 Å². The summed E-state index contributed by atoms with van der Waals surface area (Å²) in [5, 5.41) is 11.1. The molecule has 1 aromatic heterocycles. The van der Waals surface area contributed by atoms with Crippen molar-refractivity contribution in [3.05, 3.63) is 53.9 Å². The Morgan fingerprint density at radius 1 is 1.18 bits per heavy atom. The number of nitrogens with zero attached hydrogens (tertiary/aromatic N) is 1. The number of anilines is 2. The fraction of sp³-hybridized carbons (Fsp3) is 0.143. The number of pyridine rings is 1. The van der Waals surface area contributed by atoms with Crippen LogP contribution in [0.2, 0.25) is 0 Å². The average Bonchev–Trinajstić information content (AvgIpc) is 2.32. The third kappa shape index (κ3) is 2.50. The van der Waals surface area contributed by atoms with E-state index in [2.05, 4.69) is 10.3 Å². The Morgan fingerprint density at radius 3 is 2.65 bits per heavy atom. The maximum atomic E-state index is 7.74. The van der Waals surface area contributed by atoms with Crippen LogP contribution in [0.25, 0.3) is 0 Å². The van der Waals surface area contributed by atoms with Crippen LogP contribution < -0.4 is 5.32 Å². The lowest BCUT2D eigenvalue weighted by molar-refractivity contribution is 1.28. The van der Waals surface area contributed by atoms with Gasteiger partial charge in [-0.2, -0.15) is 0 Å². The van der Waals surface area contributed by atoms with Crippen molar-refractivity contribution in [3.63, 3.8) is 0 Å². The standard InChI is InChI=1S/C14H15N3/c1-10-7-8-16-9-14(10)17-13-6-4-3-5-12(13)11(2)15/h3-9,15,17H,1-2H3. The number of nitrogens with one attached hydrogen (secondary N) is 2. The Balaban J connectivity index is 2.37. The number of aromatic nitrogens is 1. The molecule has 0 spiro atoms. The summed E-state index contributed by atoms with van der Waals surface area (Å²) < 4.78 is 0. The van der Waals surface area contributed by atoms with Crippen molar-refractivity contribution in [1.29, 1.82) is 5.41 Å². The van der Waals surface area contributed by atoms with Crippen LogP contribution in [0.15, 0.2) is 42.7 Å². The minimum absolute atomic E-state index is 0.551. The summed E-state index contributed by atoms with van der Waals surface area (Å²) in [5.74, 6) is 0. The predicted molar refractivity (Wildman–Crippen MR) is 71.2 cm³/mol. The van der Waals surface area contributed by atoms with Gasteiger partial charge in [-0.15, -0.1) is 0 Å². The summed E-state index contributed by atoms with van der Waals surface area (Å²) in [6, 6.07) is 9.77. The first-order valence-electron chi connectivity index (χ1n) is 5.50. The number of aryl methyl sites for hydroxylation is 1. The molecule has 0 aliphatic heterocycles. The SMILES string of the molecule is CC(=N)c1ccccc1Nc1cnccc1C. The van der Waals surface area contributed by atoms with E-state index in [9.17, 15) is 0 Å². The van der Waals surface area contributed by atoms with E-state index < -0.39 is 0 Å². The van der Waals surface area contributed by atoms with Gasteiger partial charge in [-0.1, -0.05) is 18.2 Å². The first kappa shape index (κ1) is 11.3. The van der Waals surface area contributed by atoms with Gasteiger partial charge in [-0.05, 0) is 31.5 Å². The minimum atomic E-state index is 0.551. The summed E-state index contributed by atoms with van der Waals surface area (Å²) in [4.78, 5) is 4.10. The maximum absolute atomic E-state index is 7.74. The van der Waals surface area contributed by atoms with Crippen molar-refractivity contribution in [2.45, 2.75) is 13.8 Å². The molecule has 0 fully saturated rings. The fourth-order valence-electron chi connectivity index (χ4n) is 1.66. The molecule has 1 aromatic carbocycles. The number of rotatable bonds is 3. The second-order valence-corrected chi connectivity index (χ2v) is 3.99. The van der Waals surface area contributed by atoms with Gasteiger partial charge in [0, 0.05) is 23.2 Å². The molecule has 86 valence electrons. The molecule has 1 heterocycles. The zero-order valence-electron chi connectivity index (χ0n) is 9.99. The molecule has 0 amide bonds. The number of benzene rings is 1. The molecule has 0 saturated heterocycles. The van der Waals surface area contributed by atoms with E-state index in [0.29, 0.717) is 5.71 Å². The van der Waals surface area contributed by atoms with Crippen molar-refractivity contribution < 1.29 is 0 Å². The van der Waals surface area contributed by atoms with E-state index >= 15 is 0 Å². The lowest BCUT2D eigenvalue weighted by Gasteiger charge is -2.12. The molecule has 0 bridgehead atoms. The van der Waals surface area contributed by atoms with Gasteiger partial charge in [-0.25, -0.2) is 0 Å². The molecule has 0 unspecified atom stereocenters. The highest BCUT2D eigenvalue weighted by Gasteiger charge is 2.05. The molecule has 0 aliphatic rings. The smallest absolute Gasteiger partial charge is 0.0600 e. The Hall–Kier alpha value is -2.16. The van der Waals surface area contributed by atoms with E-state index in [-0.39, 0.29) is 0 Å². The summed E-state index contributed by atoms with van der Waals surface area (Å²) in [6.45, 7) is 3.82. The number of hydrogen-bond acceptors (Lipinski definition) is 3. The maximum Gasteiger partial charge on any atom is 0.0600 e. The molecular formula is C14H15N3. The number of para-hydroxylation sites is 1. The van der Waals surface area contributed by atoms with Gasteiger partial charge in [0.15, 0.2) is 0 Å². The zero-order valence-corrected chi connectivity index (χ0v) is 9.99. The van der Waals surface area contributed by atoms with Gasteiger partial charge in [0.2, 0.25) is 0 Å². The Bertz CT molecular complexity index is 547. The summed E-state index contributed by atoms with van der Waals surface area (Å²) in [7, 11) is 0. The molecule has 17 heavy (non-hydrogen) atoms. The van der Waals surface area contributed by atoms with Gasteiger partial charge in [0.25, 0.3) is 0 Å². The normalized spacial score (nSPS) is 10.0. The first-order valence-corrected chi connectivity index (χ1v) is 5.50. The van der Waals surface area contributed by atoms with Crippen LogP contribution in [-0.2, 0) is 0 Å². The third-order valence-corrected chi connectivity index (χ3v) is 2.64. The van der Waals surface area contributed by atoms with Gasteiger partial charge < -0.3 is 10.7 Å². The first-order chi connectivity index (χ1) is 8.18. The van der Waals surface area contributed by atoms with Crippen LogP contribution in [0.5, 0.6) is 0 Å². The zero-order chi connectivity index (χ0) is 12.3. The van der Waals surface area contributed by atoms with Crippen molar-refractivity contribution in [2.75, 3.05) is 5.32 Å². The monoisotopic (exact) mass is 225 g/mol. The van der Waals surface area contributed by atoms with Crippen molar-refractivity contribution >= 4 is 17.1 Å².